The molecule has 0 aliphatic rings. The molecule has 1 rings (SSSR count). The van der Waals surface area contributed by atoms with Gasteiger partial charge in [0.05, 0.1) is 11.6 Å². The number of benzene rings is 1. The second-order valence-electron chi connectivity index (χ2n) is 4.69. The van der Waals surface area contributed by atoms with Gasteiger partial charge in [-0.1, -0.05) is 37.1 Å². The van der Waals surface area contributed by atoms with Gasteiger partial charge >= 0.3 is 12.2 Å². The second kappa shape index (κ2) is 10.1. The number of halogens is 1. The van der Waals surface area contributed by atoms with E-state index in [-0.39, 0.29) is 23.9 Å². The quantitative estimate of drug-likeness (QED) is 0.679. The van der Waals surface area contributed by atoms with Crippen LogP contribution in [-0.4, -0.2) is 45.2 Å². The molecular formula is C15H21ClN2O5S. The minimum Gasteiger partial charge on any atom is -0.449 e. The summed E-state index contributed by atoms with van der Waals surface area (Å²) >= 11 is 3.83. The summed E-state index contributed by atoms with van der Waals surface area (Å²) in [6, 6.07) is 6.40. The first kappa shape index (κ1) is 20.2. The molecule has 1 atom stereocenters. The highest BCUT2D eigenvalue weighted by molar-refractivity contribution is 7.81. The van der Waals surface area contributed by atoms with Gasteiger partial charge in [0.1, 0.15) is 0 Å². The van der Waals surface area contributed by atoms with Gasteiger partial charge in [-0.15, -0.1) is 0 Å². The number of nitrogens with zero attached hydrogens (tertiary/aromatic N) is 2. The number of rotatable bonds is 7. The average Bonchev–Trinajstić information content (AvgIpc) is 2.57. The molecule has 24 heavy (non-hydrogen) atoms. The summed E-state index contributed by atoms with van der Waals surface area (Å²) in [7, 11) is 1.26. The molecule has 0 saturated heterocycles. The first-order valence-corrected chi connectivity index (χ1v) is 8.92. The Hall–Kier alpha value is -1.80. The van der Waals surface area contributed by atoms with Gasteiger partial charge < -0.3 is 9.47 Å². The number of unbranched alkanes of at least 4 members (excludes halogenated alkanes) is 1. The van der Waals surface area contributed by atoms with E-state index < -0.39 is 23.4 Å². The summed E-state index contributed by atoms with van der Waals surface area (Å²) in [5, 5.41) is 0.247. The third-order valence-corrected chi connectivity index (χ3v) is 4.64. The average molecular weight is 377 g/mol. The Morgan fingerprint density at radius 2 is 1.88 bits per heavy atom. The Kier molecular flexibility index (Phi) is 8.56. The van der Waals surface area contributed by atoms with Crippen LogP contribution in [0.3, 0.4) is 0 Å². The van der Waals surface area contributed by atoms with Gasteiger partial charge in [-0.25, -0.2) is 22.4 Å². The summed E-state index contributed by atoms with van der Waals surface area (Å²) in [6.45, 7) is 3.94. The minimum absolute atomic E-state index is 0.112. The standard InChI is InChI=1S/C15H21ClN2O5S/c1-4-6-11-22-15(20)18(5-2)24(21)17(3)14(19)23-13-10-8-7-9-12(13)16/h7-10H,4-6,11H2,1-3H3. The normalized spacial score (nSPS) is 11.5. The Labute approximate surface area is 149 Å². The number of hydrogen-bond donors (Lipinski definition) is 0. The molecule has 1 aromatic rings. The number of para-hydroxylation sites is 1. The lowest BCUT2D eigenvalue weighted by Gasteiger charge is -2.24. The Bertz CT molecular complexity index is 599. The fourth-order valence-electron chi connectivity index (χ4n) is 1.58. The molecular weight excluding hydrogens is 356 g/mol. The molecule has 1 unspecified atom stereocenters. The molecule has 0 aliphatic heterocycles. The number of carbonyl (C=O) groups is 2. The molecule has 0 radical (unpaired) electrons. The predicted octanol–water partition coefficient (Wildman–Crippen LogP) is 3.61. The molecule has 7 nitrogen and oxygen atoms in total. The van der Waals surface area contributed by atoms with Crippen LogP contribution < -0.4 is 4.74 Å². The molecule has 2 amide bonds. The van der Waals surface area contributed by atoms with Crippen molar-refractivity contribution in [2.45, 2.75) is 26.7 Å². The molecule has 0 aromatic heterocycles. The van der Waals surface area contributed by atoms with Gasteiger partial charge in [-0.2, -0.15) is 0 Å². The van der Waals surface area contributed by atoms with E-state index in [1.165, 1.54) is 13.1 Å². The van der Waals surface area contributed by atoms with Crippen LogP contribution >= 0.6 is 11.6 Å². The van der Waals surface area contributed by atoms with Crippen molar-refractivity contribution in [3.8, 4) is 5.75 Å². The lowest BCUT2D eigenvalue weighted by molar-refractivity contribution is 0.125. The maximum Gasteiger partial charge on any atom is 0.428 e. The molecule has 0 aliphatic carbocycles. The maximum atomic E-state index is 12.4. The van der Waals surface area contributed by atoms with E-state index in [0.717, 1.165) is 15.0 Å². The summed E-state index contributed by atoms with van der Waals surface area (Å²) in [5.74, 6) is 0.140. The van der Waals surface area contributed by atoms with Crippen molar-refractivity contribution in [2.24, 2.45) is 0 Å². The molecule has 9 heteroatoms. The van der Waals surface area contributed by atoms with E-state index in [2.05, 4.69) is 0 Å². The van der Waals surface area contributed by atoms with E-state index >= 15 is 0 Å². The monoisotopic (exact) mass is 376 g/mol. The fraction of sp³-hybridized carbons (Fsp3) is 0.467. The number of ether oxygens (including phenoxy) is 2. The van der Waals surface area contributed by atoms with E-state index in [1.807, 2.05) is 6.92 Å². The summed E-state index contributed by atoms with van der Waals surface area (Å²) in [6.07, 6.45) is -0.0738. The first-order valence-electron chi connectivity index (χ1n) is 7.48. The van der Waals surface area contributed by atoms with Crippen LogP contribution in [0.15, 0.2) is 24.3 Å². The fourth-order valence-corrected chi connectivity index (χ4v) is 2.61. The number of carbonyl (C=O) groups excluding carboxylic acids is 2. The van der Waals surface area contributed by atoms with Gasteiger partial charge in [0.15, 0.2) is 5.75 Å². The molecule has 1 aromatic carbocycles. The van der Waals surface area contributed by atoms with Crippen LogP contribution in [0.4, 0.5) is 9.59 Å². The van der Waals surface area contributed by atoms with Crippen LogP contribution in [-0.2, 0) is 15.9 Å². The van der Waals surface area contributed by atoms with Gasteiger partial charge in [0.25, 0.3) is 0 Å². The van der Waals surface area contributed by atoms with Crippen LogP contribution in [0.25, 0.3) is 0 Å². The van der Waals surface area contributed by atoms with Gasteiger partial charge in [-0.05, 0) is 25.5 Å². The summed E-state index contributed by atoms with van der Waals surface area (Å²) in [4.78, 5) is 24.0. The molecule has 0 spiro atoms. The molecule has 0 heterocycles. The highest BCUT2D eigenvalue weighted by Gasteiger charge is 2.28. The van der Waals surface area contributed by atoms with E-state index in [0.29, 0.717) is 6.42 Å². The van der Waals surface area contributed by atoms with Crippen LogP contribution in [0.1, 0.15) is 26.7 Å². The summed E-state index contributed by atoms with van der Waals surface area (Å²) in [5.41, 5.74) is 0. The SMILES string of the molecule is CCCCOC(=O)N(CC)S(=O)N(C)C(=O)Oc1ccccc1Cl. The zero-order valence-electron chi connectivity index (χ0n) is 13.9. The number of hydrogen-bond acceptors (Lipinski definition) is 5. The van der Waals surface area contributed by atoms with Crippen molar-refractivity contribution in [3.05, 3.63) is 29.3 Å². The topological polar surface area (TPSA) is 76.2 Å². The number of amides is 2. The van der Waals surface area contributed by atoms with Crippen LogP contribution in [0.2, 0.25) is 5.02 Å². The molecule has 0 saturated carbocycles. The van der Waals surface area contributed by atoms with E-state index in [9.17, 15) is 13.8 Å². The van der Waals surface area contributed by atoms with Gasteiger partial charge in [-0.3, -0.25) is 0 Å². The lowest BCUT2D eigenvalue weighted by atomic mass is 10.3. The Balaban J connectivity index is 2.71. The molecule has 0 N–H and O–H groups in total. The molecule has 134 valence electrons. The van der Waals surface area contributed by atoms with E-state index in [1.54, 1.807) is 25.1 Å². The zero-order valence-corrected chi connectivity index (χ0v) is 15.4. The van der Waals surface area contributed by atoms with Crippen molar-refractivity contribution in [3.63, 3.8) is 0 Å². The smallest absolute Gasteiger partial charge is 0.428 e. The largest absolute Gasteiger partial charge is 0.449 e. The third kappa shape index (κ3) is 5.68. The Morgan fingerprint density at radius 3 is 2.46 bits per heavy atom. The van der Waals surface area contributed by atoms with Crippen molar-refractivity contribution in [1.82, 2.24) is 8.61 Å². The van der Waals surface area contributed by atoms with Crippen LogP contribution in [0, 0.1) is 0 Å². The van der Waals surface area contributed by atoms with Crippen molar-refractivity contribution in [2.75, 3.05) is 20.2 Å². The third-order valence-electron chi connectivity index (χ3n) is 2.93. The van der Waals surface area contributed by atoms with Crippen molar-refractivity contribution < 1.29 is 23.3 Å². The predicted molar refractivity (Wildman–Crippen MR) is 92.0 cm³/mol. The molecule has 0 fully saturated rings. The van der Waals surface area contributed by atoms with Crippen molar-refractivity contribution in [1.29, 1.82) is 0 Å². The Morgan fingerprint density at radius 1 is 1.21 bits per heavy atom. The highest BCUT2D eigenvalue weighted by Crippen LogP contribution is 2.23. The highest BCUT2D eigenvalue weighted by atomic mass is 35.5. The van der Waals surface area contributed by atoms with Gasteiger partial charge in [0.2, 0.25) is 11.2 Å². The molecule has 0 bridgehead atoms. The minimum atomic E-state index is -2.07. The van der Waals surface area contributed by atoms with E-state index in [4.69, 9.17) is 21.1 Å². The second-order valence-corrected chi connectivity index (χ2v) is 6.55. The lowest BCUT2D eigenvalue weighted by Crippen LogP contribution is -2.44. The zero-order chi connectivity index (χ0) is 18.1. The summed E-state index contributed by atoms with van der Waals surface area (Å²) < 4.78 is 24.2. The van der Waals surface area contributed by atoms with Crippen LogP contribution in [0.5, 0.6) is 5.75 Å². The van der Waals surface area contributed by atoms with Crippen molar-refractivity contribution >= 4 is 35.0 Å². The van der Waals surface area contributed by atoms with Gasteiger partial charge in [0, 0.05) is 13.6 Å². The first-order chi connectivity index (χ1) is 11.4. The maximum absolute atomic E-state index is 12.4.